The Morgan fingerprint density at radius 1 is 0.884 bits per heavy atom. The van der Waals surface area contributed by atoms with Crippen LogP contribution in [0.1, 0.15) is 45.5 Å². The van der Waals surface area contributed by atoms with Crippen molar-refractivity contribution >= 4 is 28.6 Å². The van der Waals surface area contributed by atoms with Crippen molar-refractivity contribution in [1.82, 2.24) is 20.5 Å². The first-order valence-corrected chi connectivity index (χ1v) is 14.3. The van der Waals surface area contributed by atoms with Crippen LogP contribution in [0.5, 0.6) is 11.5 Å². The third-order valence-electron chi connectivity index (χ3n) is 7.56. The van der Waals surface area contributed by atoms with Crippen molar-refractivity contribution in [1.29, 1.82) is 0 Å². The number of aromatic amines is 1. The van der Waals surface area contributed by atoms with Gasteiger partial charge in [0.05, 0.1) is 7.11 Å². The Balaban J connectivity index is 1.37. The van der Waals surface area contributed by atoms with Crippen LogP contribution in [-0.2, 0) is 11.2 Å². The topological polar surface area (TPSA) is 141 Å². The van der Waals surface area contributed by atoms with E-state index in [1.54, 1.807) is 53.4 Å². The Hall–Kier alpha value is -5.12. The molecule has 0 unspecified atom stereocenters. The molecule has 4 aromatic rings. The summed E-state index contributed by atoms with van der Waals surface area (Å²) in [6.07, 6.45) is 3.02. The number of ether oxygens (including phenoxy) is 1. The van der Waals surface area contributed by atoms with Crippen molar-refractivity contribution in [2.45, 2.75) is 25.7 Å². The second kappa shape index (κ2) is 13.2. The average Bonchev–Trinajstić information content (AvgIpc) is 3.02. The third kappa shape index (κ3) is 6.86. The molecule has 1 aromatic heterocycles. The molecule has 0 radical (unpaired) electrons. The minimum Gasteiger partial charge on any atom is -0.507 e. The lowest BCUT2D eigenvalue weighted by Gasteiger charge is -2.23. The number of carbonyl (C=O) groups excluding carboxylic acids is 3. The summed E-state index contributed by atoms with van der Waals surface area (Å²) in [5.74, 6) is -0.255. The van der Waals surface area contributed by atoms with E-state index in [9.17, 15) is 24.3 Å². The fourth-order valence-corrected chi connectivity index (χ4v) is 5.21. The van der Waals surface area contributed by atoms with Crippen molar-refractivity contribution in [3.63, 3.8) is 0 Å². The zero-order valence-electron chi connectivity index (χ0n) is 23.9. The fourth-order valence-electron chi connectivity index (χ4n) is 5.21. The van der Waals surface area contributed by atoms with Gasteiger partial charge >= 0.3 is 0 Å². The Bertz CT molecular complexity index is 1730. The van der Waals surface area contributed by atoms with E-state index in [1.165, 1.54) is 13.3 Å². The molecule has 1 aliphatic rings. The average molecular weight is 583 g/mol. The number of H-pyrrole nitrogens is 1. The van der Waals surface area contributed by atoms with Gasteiger partial charge < -0.3 is 30.4 Å². The number of hydrogen-bond acceptors (Lipinski definition) is 6. The number of rotatable bonds is 2. The number of nitrogens with zero attached hydrogens (tertiary/aromatic N) is 1. The zero-order valence-corrected chi connectivity index (χ0v) is 23.9. The highest BCUT2D eigenvalue weighted by molar-refractivity contribution is 5.97. The molecular weight excluding hydrogens is 548 g/mol. The normalized spacial score (nSPS) is 15.0. The van der Waals surface area contributed by atoms with Gasteiger partial charge in [-0.3, -0.25) is 19.2 Å². The SMILES string of the molecule is COc1ccc2[nH]cc(C(=O)N3CCCNC(=O)c4cccc(c4)-c4cc(ccc4O)CCNC(=O)CCC3)c(=O)c2c1. The van der Waals surface area contributed by atoms with Crippen LogP contribution in [0.4, 0.5) is 0 Å². The standard InChI is InChI=1S/C33H34N4O6/c1-43-24-9-10-28-26(19-24)31(40)27(20-36-28)33(42)37-15-3-7-30(39)34-14-12-21-8-11-29(38)25(17-21)22-5-2-6-23(18-22)32(41)35-13-4-16-37/h2,5-6,8-11,17-20,38H,3-4,7,12-16H2,1H3,(H,34,39)(H,35,41)(H,36,40). The molecule has 5 rings (SSSR count). The Kier molecular flexibility index (Phi) is 9.05. The number of methoxy groups -OCH3 is 1. The van der Waals surface area contributed by atoms with E-state index in [0.717, 1.165) is 5.56 Å². The second-order valence-corrected chi connectivity index (χ2v) is 10.5. The van der Waals surface area contributed by atoms with E-state index < -0.39 is 11.3 Å². The number of nitrogens with one attached hydrogen (secondary N) is 3. The molecule has 4 N–H and O–H groups in total. The van der Waals surface area contributed by atoms with Gasteiger partial charge in [-0.1, -0.05) is 18.2 Å². The van der Waals surface area contributed by atoms with Gasteiger partial charge in [0.1, 0.15) is 17.1 Å². The number of aromatic hydroxyl groups is 1. The largest absolute Gasteiger partial charge is 0.507 e. The molecule has 10 heteroatoms. The summed E-state index contributed by atoms with van der Waals surface area (Å²) >= 11 is 0. The maximum atomic E-state index is 13.6. The number of benzene rings is 3. The molecule has 3 aromatic carbocycles. The van der Waals surface area contributed by atoms with E-state index >= 15 is 0 Å². The summed E-state index contributed by atoms with van der Waals surface area (Å²) in [4.78, 5) is 57.1. The zero-order chi connectivity index (χ0) is 30.3. The molecule has 0 saturated carbocycles. The first-order valence-electron chi connectivity index (χ1n) is 14.3. The number of pyridine rings is 1. The van der Waals surface area contributed by atoms with Crippen molar-refractivity contribution < 1.29 is 24.2 Å². The molecule has 2 heterocycles. The van der Waals surface area contributed by atoms with Crippen LogP contribution in [0.25, 0.3) is 22.0 Å². The predicted molar refractivity (Wildman–Crippen MR) is 163 cm³/mol. The molecule has 0 aliphatic carbocycles. The summed E-state index contributed by atoms with van der Waals surface area (Å²) in [7, 11) is 1.51. The minimum absolute atomic E-state index is 0.00514. The van der Waals surface area contributed by atoms with Gasteiger partial charge in [0, 0.05) is 60.8 Å². The Morgan fingerprint density at radius 3 is 2.53 bits per heavy atom. The molecule has 222 valence electrons. The molecule has 0 spiro atoms. The monoisotopic (exact) mass is 582 g/mol. The lowest BCUT2D eigenvalue weighted by molar-refractivity contribution is -0.121. The van der Waals surface area contributed by atoms with Crippen molar-refractivity contribution in [3.05, 3.63) is 93.8 Å². The number of fused-ring (bicyclic) bond motifs is 6. The molecule has 1 aliphatic heterocycles. The first-order chi connectivity index (χ1) is 20.8. The van der Waals surface area contributed by atoms with Gasteiger partial charge in [0.2, 0.25) is 11.3 Å². The van der Waals surface area contributed by atoms with Gasteiger partial charge in [-0.2, -0.15) is 0 Å². The van der Waals surface area contributed by atoms with Crippen LogP contribution in [0.3, 0.4) is 0 Å². The number of phenols is 1. The lowest BCUT2D eigenvalue weighted by Crippen LogP contribution is -2.38. The number of carbonyl (C=O) groups is 3. The molecule has 0 saturated heterocycles. The van der Waals surface area contributed by atoms with Gasteiger partial charge in [-0.05, 0) is 72.9 Å². The van der Waals surface area contributed by atoms with Crippen LogP contribution in [0, 0.1) is 0 Å². The molecule has 0 atom stereocenters. The van der Waals surface area contributed by atoms with E-state index in [4.69, 9.17) is 4.74 Å². The highest BCUT2D eigenvalue weighted by Crippen LogP contribution is 2.31. The maximum absolute atomic E-state index is 13.6. The van der Waals surface area contributed by atoms with E-state index in [1.807, 2.05) is 12.1 Å². The fraction of sp³-hybridized carbons (Fsp3) is 0.273. The first kappa shape index (κ1) is 29.4. The third-order valence-corrected chi connectivity index (χ3v) is 7.56. The van der Waals surface area contributed by atoms with Crippen LogP contribution < -0.4 is 20.8 Å². The Labute approximate surface area is 248 Å². The van der Waals surface area contributed by atoms with E-state index in [2.05, 4.69) is 15.6 Å². The second-order valence-electron chi connectivity index (χ2n) is 10.5. The van der Waals surface area contributed by atoms with Crippen LogP contribution in [0.15, 0.2) is 71.7 Å². The maximum Gasteiger partial charge on any atom is 0.259 e. The lowest BCUT2D eigenvalue weighted by atomic mass is 9.98. The smallest absolute Gasteiger partial charge is 0.259 e. The quantitative estimate of drug-likeness (QED) is 0.285. The molecule has 4 bridgehead atoms. The van der Waals surface area contributed by atoms with E-state index in [-0.39, 0.29) is 42.6 Å². The number of amides is 3. The summed E-state index contributed by atoms with van der Waals surface area (Å²) in [6, 6.07) is 17.3. The van der Waals surface area contributed by atoms with Crippen LogP contribution in [-0.4, -0.2) is 66.0 Å². The molecule has 0 fully saturated rings. The highest BCUT2D eigenvalue weighted by atomic mass is 16.5. The molecule has 3 amide bonds. The molecule has 43 heavy (non-hydrogen) atoms. The van der Waals surface area contributed by atoms with Crippen molar-refractivity contribution in [2.75, 3.05) is 33.3 Å². The summed E-state index contributed by atoms with van der Waals surface area (Å²) in [6.45, 7) is 1.23. The number of aromatic nitrogens is 1. The summed E-state index contributed by atoms with van der Waals surface area (Å²) in [5, 5.41) is 16.7. The van der Waals surface area contributed by atoms with Crippen LogP contribution >= 0.6 is 0 Å². The van der Waals surface area contributed by atoms with Gasteiger partial charge in [-0.15, -0.1) is 0 Å². The van der Waals surface area contributed by atoms with E-state index in [0.29, 0.717) is 65.7 Å². The van der Waals surface area contributed by atoms with Gasteiger partial charge in [-0.25, -0.2) is 0 Å². The van der Waals surface area contributed by atoms with Crippen molar-refractivity contribution in [3.8, 4) is 22.6 Å². The molecular formula is C33H34N4O6. The Morgan fingerprint density at radius 2 is 1.70 bits per heavy atom. The number of phenolic OH excluding ortho intramolecular Hbond substituents is 1. The minimum atomic E-state index is -0.449. The van der Waals surface area contributed by atoms with Crippen molar-refractivity contribution in [2.24, 2.45) is 0 Å². The van der Waals surface area contributed by atoms with Gasteiger partial charge in [0.25, 0.3) is 11.8 Å². The number of hydrogen-bond donors (Lipinski definition) is 4. The summed E-state index contributed by atoms with van der Waals surface area (Å²) < 4.78 is 5.25. The summed E-state index contributed by atoms with van der Waals surface area (Å²) in [5.41, 5.74) is 2.84. The predicted octanol–water partition coefficient (Wildman–Crippen LogP) is 3.62. The molecule has 10 nitrogen and oxygen atoms in total. The van der Waals surface area contributed by atoms with Gasteiger partial charge in [0.15, 0.2) is 0 Å². The highest BCUT2D eigenvalue weighted by Gasteiger charge is 2.21. The van der Waals surface area contributed by atoms with Crippen LogP contribution in [0.2, 0.25) is 0 Å².